The minimum absolute atomic E-state index is 0.497. The minimum atomic E-state index is 0.497. The van der Waals surface area contributed by atoms with E-state index in [-0.39, 0.29) is 0 Å². The molecule has 1 N–H and O–H groups in total. The third-order valence-electron chi connectivity index (χ3n) is 2.56. The van der Waals surface area contributed by atoms with E-state index in [1.165, 1.54) is 0 Å². The summed E-state index contributed by atoms with van der Waals surface area (Å²) in [7, 11) is 0. The van der Waals surface area contributed by atoms with Crippen molar-refractivity contribution < 1.29 is 0 Å². The Kier molecular flexibility index (Phi) is 8.00. The van der Waals surface area contributed by atoms with Crippen LogP contribution in [0, 0.1) is 11.8 Å². The van der Waals surface area contributed by atoms with Gasteiger partial charge < -0.3 is 5.32 Å². The Morgan fingerprint density at radius 3 is 2.83 bits per heavy atom. The molecule has 1 atom stereocenters. The van der Waals surface area contributed by atoms with Gasteiger partial charge in [0.05, 0.1) is 5.02 Å². The molecule has 0 saturated heterocycles. The zero-order chi connectivity index (χ0) is 13.2. The first kappa shape index (κ1) is 15.4. The van der Waals surface area contributed by atoms with Gasteiger partial charge in [0, 0.05) is 23.1 Å². The van der Waals surface area contributed by atoms with Gasteiger partial charge in [-0.15, -0.1) is 23.6 Å². The molecular formula is C15H20ClNS. The largest absolute Gasteiger partial charge is 0.313 e. The predicted octanol–water partition coefficient (Wildman–Crippen LogP) is 4.21. The number of nitrogens with one attached hydrogen (secondary N) is 1. The summed E-state index contributed by atoms with van der Waals surface area (Å²) < 4.78 is 0. The van der Waals surface area contributed by atoms with Crippen molar-refractivity contribution in [2.45, 2.75) is 37.6 Å². The van der Waals surface area contributed by atoms with Crippen molar-refractivity contribution in [1.82, 2.24) is 5.32 Å². The van der Waals surface area contributed by atoms with Crippen LogP contribution in [0.5, 0.6) is 0 Å². The molecule has 0 saturated carbocycles. The van der Waals surface area contributed by atoms with Crippen molar-refractivity contribution in [1.29, 1.82) is 0 Å². The molecule has 18 heavy (non-hydrogen) atoms. The summed E-state index contributed by atoms with van der Waals surface area (Å²) in [6, 6.07) is 8.50. The fourth-order valence-corrected chi connectivity index (χ4v) is 3.00. The molecule has 1 aromatic carbocycles. The highest BCUT2D eigenvalue weighted by atomic mass is 35.5. The van der Waals surface area contributed by atoms with E-state index in [1.807, 2.05) is 36.9 Å². The maximum Gasteiger partial charge on any atom is 0.0541 e. The van der Waals surface area contributed by atoms with Crippen LogP contribution < -0.4 is 5.32 Å². The summed E-state index contributed by atoms with van der Waals surface area (Å²) in [5.41, 5.74) is 0. The van der Waals surface area contributed by atoms with Crippen LogP contribution in [0.25, 0.3) is 0 Å². The topological polar surface area (TPSA) is 12.0 Å². The molecule has 0 radical (unpaired) electrons. The van der Waals surface area contributed by atoms with Crippen molar-refractivity contribution >= 4 is 23.4 Å². The summed E-state index contributed by atoms with van der Waals surface area (Å²) in [5, 5.41) is 4.34. The van der Waals surface area contributed by atoms with Crippen LogP contribution in [0.1, 0.15) is 26.7 Å². The molecule has 98 valence electrons. The third-order valence-corrected chi connectivity index (χ3v) is 4.24. The van der Waals surface area contributed by atoms with Crippen molar-refractivity contribution in [3.8, 4) is 11.8 Å². The molecule has 0 amide bonds. The second-order valence-corrected chi connectivity index (χ2v) is 5.43. The van der Waals surface area contributed by atoms with Crippen molar-refractivity contribution in [3.63, 3.8) is 0 Å². The molecule has 0 bridgehead atoms. The van der Waals surface area contributed by atoms with Gasteiger partial charge in [0.25, 0.3) is 0 Å². The Morgan fingerprint density at radius 1 is 1.39 bits per heavy atom. The van der Waals surface area contributed by atoms with Gasteiger partial charge in [-0.25, -0.2) is 0 Å². The third kappa shape index (κ3) is 5.82. The molecule has 0 heterocycles. The van der Waals surface area contributed by atoms with Gasteiger partial charge in [0.2, 0.25) is 0 Å². The van der Waals surface area contributed by atoms with Crippen LogP contribution in [0.15, 0.2) is 29.2 Å². The lowest BCUT2D eigenvalue weighted by Crippen LogP contribution is -2.30. The predicted molar refractivity (Wildman–Crippen MR) is 82.3 cm³/mol. The molecule has 1 nitrogen and oxygen atoms in total. The number of halogens is 1. The van der Waals surface area contributed by atoms with E-state index < -0.39 is 0 Å². The summed E-state index contributed by atoms with van der Waals surface area (Å²) in [4.78, 5) is 1.16. The van der Waals surface area contributed by atoms with Crippen LogP contribution in [-0.4, -0.2) is 18.3 Å². The second kappa shape index (κ2) is 9.33. The van der Waals surface area contributed by atoms with Gasteiger partial charge >= 0.3 is 0 Å². The first-order valence-electron chi connectivity index (χ1n) is 6.28. The number of hydrogen-bond acceptors (Lipinski definition) is 2. The molecule has 1 rings (SSSR count). The zero-order valence-corrected chi connectivity index (χ0v) is 12.6. The number of benzene rings is 1. The fraction of sp³-hybridized carbons (Fsp3) is 0.467. The molecule has 0 aliphatic heterocycles. The lowest BCUT2D eigenvalue weighted by molar-refractivity contribution is 0.545. The van der Waals surface area contributed by atoms with E-state index in [0.29, 0.717) is 6.04 Å². The van der Waals surface area contributed by atoms with Crippen LogP contribution >= 0.6 is 23.4 Å². The van der Waals surface area contributed by atoms with Gasteiger partial charge in [-0.1, -0.05) is 30.7 Å². The Morgan fingerprint density at radius 2 is 2.17 bits per heavy atom. The first-order chi connectivity index (χ1) is 8.77. The summed E-state index contributed by atoms with van der Waals surface area (Å²) in [6.07, 6.45) is 2.05. The van der Waals surface area contributed by atoms with Gasteiger partial charge in [-0.2, -0.15) is 0 Å². The molecule has 0 spiro atoms. The maximum atomic E-state index is 6.15. The Hall–Kier alpha value is -0.620. The molecule has 1 aromatic rings. The molecule has 0 aliphatic rings. The van der Waals surface area contributed by atoms with E-state index in [9.17, 15) is 0 Å². The van der Waals surface area contributed by atoms with Crippen LogP contribution in [0.3, 0.4) is 0 Å². The van der Waals surface area contributed by atoms with E-state index in [2.05, 4.69) is 30.1 Å². The quantitative estimate of drug-likeness (QED) is 0.593. The molecule has 0 aromatic heterocycles. The van der Waals surface area contributed by atoms with Gasteiger partial charge in [0.1, 0.15) is 0 Å². The standard InChI is InChI=1S/C15H20ClNS/c1-3-5-6-9-13(17-4-2)12-18-15-11-8-7-10-14(15)16/h7-8,10-11,13,17H,4,6,9,12H2,1-2H3. The van der Waals surface area contributed by atoms with Gasteiger partial charge in [0.15, 0.2) is 0 Å². The van der Waals surface area contributed by atoms with Crippen LogP contribution in [0.2, 0.25) is 5.02 Å². The summed E-state index contributed by atoms with van der Waals surface area (Å²) >= 11 is 7.96. The van der Waals surface area contributed by atoms with Crippen molar-refractivity contribution in [3.05, 3.63) is 29.3 Å². The van der Waals surface area contributed by atoms with Gasteiger partial charge in [-0.3, -0.25) is 0 Å². The number of hydrogen-bond donors (Lipinski definition) is 1. The van der Waals surface area contributed by atoms with Crippen LogP contribution in [-0.2, 0) is 0 Å². The van der Waals surface area contributed by atoms with Crippen molar-refractivity contribution in [2.75, 3.05) is 12.3 Å². The number of rotatable bonds is 7. The molecule has 0 fully saturated rings. The molecule has 0 aliphatic carbocycles. The average molecular weight is 282 g/mol. The molecule has 1 unspecified atom stereocenters. The highest BCUT2D eigenvalue weighted by Gasteiger charge is 2.08. The zero-order valence-electron chi connectivity index (χ0n) is 11.0. The lowest BCUT2D eigenvalue weighted by Gasteiger charge is -2.16. The Balaban J connectivity index is 2.45. The highest BCUT2D eigenvalue weighted by Crippen LogP contribution is 2.27. The Bertz CT molecular complexity index is 408. The minimum Gasteiger partial charge on any atom is -0.313 e. The van der Waals surface area contributed by atoms with E-state index in [4.69, 9.17) is 11.6 Å². The van der Waals surface area contributed by atoms with Crippen molar-refractivity contribution in [2.24, 2.45) is 0 Å². The van der Waals surface area contributed by atoms with E-state index >= 15 is 0 Å². The smallest absolute Gasteiger partial charge is 0.0541 e. The molecule has 3 heteroatoms. The van der Waals surface area contributed by atoms with Gasteiger partial charge in [-0.05, 0) is 32.0 Å². The highest BCUT2D eigenvalue weighted by molar-refractivity contribution is 7.99. The van der Waals surface area contributed by atoms with E-state index in [0.717, 1.165) is 35.1 Å². The maximum absolute atomic E-state index is 6.15. The summed E-state index contributed by atoms with van der Waals surface area (Å²) in [5.74, 6) is 7.09. The summed E-state index contributed by atoms with van der Waals surface area (Å²) in [6.45, 7) is 5.02. The lowest BCUT2D eigenvalue weighted by atomic mass is 10.2. The average Bonchev–Trinajstić information content (AvgIpc) is 2.38. The normalized spacial score (nSPS) is 11.7. The fourth-order valence-electron chi connectivity index (χ4n) is 1.66. The van der Waals surface area contributed by atoms with Crippen LogP contribution in [0.4, 0.5) is 0 Å². The molecular weight excluding hydrogens is 262 g/mol. The SMILES string of the molecule is CC#CCCC(CSc1ccccc1Cl)NCC. The monoisotopic (exact) mass is 281 g/mol. The second-order valence-electron chi connectivity index (χ2n) is 3.96. The Labute approximate surface area is 120 Å². The van der Waals surface area contributed by atoms with E-state index in [1.54, 1.807) is 0 Å². The first-order valence-corrected chi connectivity index (χ1v) is 7.64. The number of thioether (sulfide) groups is 1.